The number of amides is 1. The quantitative estimate of drug-likeness (QED) is 0.497. The van der Waals surface area contributed by atoms with Crippen LogP contribution in [0.15, 0.2) is 29.2 Å². The van der Waals surface area contributed by atoms with Gasteiger partial charge in [0.2, 0.25) is 0 Å². The summed E-state index contributed by atoms with van der Waals surface area (Å²) in [5.74, 6) is -0.958. The summed E-state index contributed by atoms with van der Waals surface area (Å²) in [6.45, 7) is 3.15. The molecule has 0 radical (unpaired) electrons. The van der Waals surface area contributed by atoms with Crippen molar-refractivity contribution in [1.29, 1.82) is 0 Å². The Labute approximate surface area is 151 Å². The number of carbonyl (C=O) groups excluding carboxylic acids is 2. The summed E-state index contributed by atoms with van der Waals surface area (Å²) in [6, 6.07) is 6.21. The fraction of sp³-hybridized carbons (Fsp3) is 0.467. The minimum atomic E-state index is -3.28. The van der Waals surface area contributed by atoms with E-state index in [4.69, 9.17) is 27.9 Å². The molecule has 0 saturated heterocycles. The van der Waals surface area contributed by atoms with Crippen molar-refractivity contribution in [3.63, 3.8) is 0 Å². The predicted octanol–water partition coefficient (Wildman–Crippen LogP) is 2.18. The summed E-state index contributed by atoms with van der Waals surface area (Å²) in [5.41, 5.74) is 0.704. The van der Waals surface area contributed by atoms with E-state index in [9.17, 15) is 18.0 Å². The van der Waals surface area contributed by atoms with Crippen molar-refractivity contribution in [3.8, 4) is 0 Å². The van der Waals surface area contributed by atoms with Gasteiger partial charge in [-0.3, -0.25) is 9.59 Å². The first-order valence-electron chi connectivity index (χ1n) is 7.19. The maximum atomic E-state index is 12.0. The largest absolute Gasteiger partial charge is 0.464 e. The fourth-order valence-corrected chi connectivity index (χ4v) is 3.05. The highest BCUT2D eigenvalue weighted by Crippen LogP contribution is 2.15. The molecule has 0 aromatic heterocycles. The second-order valence-electron chi connectivity index (χ2n) is 4.95. The van der Waals surface area contributed by atoms with Gasteiger partial charge in [-0.15, -0.1) is 0 Å². The molecule has 0 atom stereocenters. The van der Waals surface area contributed by atoms with Gasteiger partial charge >= 0.3 is 5.97 Å². The number of hydrogen-bond acceptors (Lipinski definition) is 5. The lowest BCUT2D eigenvalue weighted by Crippen LogP contribution is -2.37. The van der Waals surface area contributed by atoms with Gasteiger partial charge in [-0.25, -0.2) is 8.42 Å². The number of halogens is 2. The van der Waals surface area contributed by atoms with E-state index in [1.54, 1.807) is 19.1 Å². The molecule has 1 aromatic carbocycles. The van der Waals surface area contributed by atoms with Crippen molar-refractivity contribution in [2.24, 2.45) is 0 Å². The number of esters is 1. The number of rotatable bonds is 8. The molecule has 0 unspecified atom stereocenters. The topological polar surface area (TPSA) is 80.8 Å². The van der Waals surface area contributed by atoms with Crippen LogP contribution < -0.4 is 0 Å². The van der Waals surface area contributed by atoms with Crippen LogP contribution in [0.5, 0.6) is 0 Å². The van der Waals surface area contributed by atoms with Crippen molar-refractivity contribution in [1.82, 2.24) is 4.90 Å². The molecule has 1 amide bonds. The number of carbonyl (C=O) groups is 2. The Morgan fingerprint density at radius 2 is 1.79 bits per heavy atom. The van der Waals surface area contributed by atoms with E-state index in [0.717, 1.165) is 0 Å². The molecule has 0 aliphatic rings. The zero-order chi connectivity index (χ0) is 18.3. The second-order valence-corrected chi connectivity index (χ2v) is 8.32. The van der Waals surface area contributed by atoms with Crippen LogP contribution in [0.25, 0.3) is 0 Å². The lowest BCUT2D eigenvalue weighted by atomic mass is 10.2. The van der Waals surface area contributed by atoms with Gasteiger partial charge in [0.15, 0.2) is 14.7 Å². The minimum Gasteiger partial charge on any atom is -0.464 e. The molecular weight excluding hydrogens is 377 g/mol. The van der Waals surface area contributed by atoms with Gasteiger partial charge < -0.3 is 9.64 Å². The lowest BCUT2D eigenvalue weighted by molar-refractivity contribution is -0.143. The van der Waals surface area contributed by atoms with E-state index in [-0.39, 0.29) is 30.3 Å². The molecule has 0 saturated carbocycles. The van der Waals surface area contributed by atoms with Crippen molar-refractivity contribution >= 4 is 44.9 Å². The summed E-state index contributed by atoms with van der Waals surface area (Å²) in [4.78, 5) is 23.2. The van der Waals surface area contributed by atoms with Crippen molar-refractivity contribution in [2.45, 2.75) is 30.1 Å². The third-order valence-electron chi connectivity index (χ3n) is 3.20. The van der Waals surface area contributed by atoms with Gasteiger partial charge in [-0.05, 0) is 17.7 Å². The smallest absolute Gasteiger partial charge is 0.302 e. The summed E-state index contributed by atoms with van der Waals surface area (Å²) in [7, 11) is -3.28. The Hall–Kier alpha value is -1.31. The average molecular weight is 396 g/mol. The molecule has 0 bridgehead atoms. The van der Waals surface area contributed by atoms with Crippen LogP contribution in [0.4, 0.5) is 0 Å². The van der Waals surface area contributed by atoms with Crippen LogP contribution in [0.2, 0.25) is 0 Å². The van der Waals surface area contributed by atoms with Crippen LogP contribution in [0.1, 0.15) is 19.4 Å². The Morgan fingerprint density at radius 3 is 2.25 bits per heavy atom. The predicted molar refractivity (Wildman–Crippen MR) is 91.7 cm³/mol. The van der Waals surface area contributed by atoms with Crippen LogP contribution in [-0.2, 0) is 30.7 Å². The van der Waals surface area contributed by atoms with Gasteiger partial charge in [0.25, 0.3) is 5.91 Å². The van der Waals surface area contributed by atoms with Gasteiger partial charge in [0.1, 0.15) is 6.61 Å². The molecule has 0 heterocycles. The molecule has 0 spiro atoms. The highest BCUT2D eigenvalue weighted by molar-refractivity contribution is 7.91. The van der Waals surface area contributed by atoms with Crippen LogP contribution in [0, 0.1) is 0 Å². The number of nitrogens with zero attached hydrogens (tertiary/aromatic N) is 1. The molecule has 1 aromatic rings. The maximum Gasteiger partial charge on any atom is 0.302 e. The summed E-state index contributed by atoms with van der Waals surface area (Å²) in [6.07, 6.45) is 0. The Morgan fingerprint density at radius 1 is 1.21 bits per heavy atom. The first-order valence-corrected chi connectivity index (χ1v) is 9.72. The molecule has 134 valence electrons. The molecule has 24 heavy (non-hydrogen) atoms. The molecule has 9 heteroatoms. The Bertz CT molecular complexity index is 674. The number of sulfone groups is 1. The monoisotopic (exact) mass is 395 g/mol. The number of alkyl halides is 2. The van der Waals surface area contributed by atoms with E-state index < -0.39 is 26.6 Å². The van der Waals surface area contributed by atoms with E-state index in [2.05, 4.69) is 0 Å². The zero-order valence-corrected chi connectivity index (χ0v) is 15.7. The molecule has 6 nitrogen and oxygen atoms in total. The van der Waals surface area contributed by atoms with Gasteiger partial charge in [0.05, 0.1) is 17.2 Å². The first kappa shape index (κ1) is 20.7. The third kappa shape index (κ3) is 6.30. The molecule has 0 fully saturated rings. The Balaban J connectivity index is 2.85. The standard InChI is InChI=1S/C15H19Cl2NO5S/c1-3-24(21,22)13-6-4-12(5-7-13)10-18(15(20)14(16)17)8-9-23-11(2)19/h4-7,14H,3,8-10H2,1-2H3. The number of ether oxygens (including phenoxy) is 1. The van der Waals surface area contributed by atoms with E-state index >= 15 is 0 Å². The van der Waals surface area contributed by atoms with E-state index in [1.165, 1.54) is 24.0 Å². The van der Waals surface area contributed by atoms with E-state index in [0.29, 0.717) is 5.56 Å². The molecule has 0 aliphatic carbocycles. The van der Waals surface area contributed by atoms with Crippen molar-refractivity contribution < 1.29 is 22.7 Å². The van der Waals surface area contributed by atoms with Gasteiger partial charge in [-0.1, -0.05) is 42.3 Å². The third-order valence-corrected chi connectivity index (χ3v) is 5.32. The Kier molecular flexibility index (Phi) is 7.99. The number of benzene rings is 1. The zero-order valence-electron chi connectivity index (χ0n) is 13.4. The minimum absolute atomic E-state index is 0.0134. The molecule has 0 N–H and O–H groups in total. The van der Waals surface area contributed by atoms with Gasteiger partial charge in [0, 0.05) is 13.5 Å². The van der Waals surface area contributed by atoms with Crippen LogP contribution in [-0.4, -0.2) is 48.9 Å². The highest BCUT2D eigenvalue weighted by Gasteiger charge is 2.21. The van der Waals surface area contributed by atoms with E-state index in [1.807, 2.05) is 0 Å². The van der Waals surface area contributed by atoms with Crippen LogP contribution >= 0.6 is 23.2 Å². The fourth-order valence-electron chi connectivity index (χ4n) is 1.89. The van der Waals surface area contributed by atoms with Crippen LogP contribution in [0.3, 0.4) is 0 Å². The lowest BCUT2D eigenvalue weighted by Gasteiger charge is -2.23. The second kappa shape index (κ2) is 9.25. The normalized spacial score (nSPS) is 11.4. The summed E-state index contributed by atoms with van der Waals surface area (Å²) < 4.78 is 28.4. The summed E-state index contributed by atoms with van der Waals surface area (Å²) >= 11 is 11.2. The van der Waals surface area contributed by atoms with Crippen molar-refractivity contribution in [3.05, 3.63) is 29.8 Å². The SMILES string of the molecule is CCS(=O)(=O)c1ccc(CN(CCOC(C)=O)C(=O)C(Cl)Cl)cc1. The van der Waals surface area contributed by atoms with Gasteiger partial charge in [-0.2, -0.15) is 0 Å². The first-order chi connectivity index (χ1) is 11.2. The highest BCUT2D eigenvalue weighted by atomic mass is 35.5. The summed E-state index contributed by atoms with van der Waals surface area (Å²) in [5, 5.41) is 0. The van der Waals surface area contributed by atoms with Crippen molar-refractivity contribution in [2.75, 3.05) is 18.9 Å². The number of hydrogen-bond donors (Lipinski definition) is 0. The molecular formula is C15H19Cl2NO5S. The molecule has 1 rings (SSSR count). The maximum absolute atomic E-state index is 12.0. The average Bonchev–Trinajstić information content (AvgIpc) is 2.53. The molecule has 0 aliphatic heterocycles.